The lowest BCUT2D eigenvalue weighted by Gasteiger charge is -2.13. The number of benzene rings is 1. The lowest BCUT2D eigenvalue weighted by atomic mass is 10.2. The predicted molar refractivity (Wildman–Crippen MR) is 58.2 cm³/mol. The van der Waals surface area contributed by atoms with E-state index in [0.29, 0.717) is 0 Å². The summed E-state index contributed by atoms with van der Waals surface area (Å²) in [5.41, 5.74) is 0.0150. The van der Waals surface area contributed by atoms with Gasteiger partial charge in [0, 0.05) is 10.6 Å². The van der Waals surface area contributed by atoms with Gasteiger partial charge in [-0.2, -0.15) is 0 Å². The summed E-state index contributed by atoms with van der Waals surface area (Å²) in [5, 5.41) is 0.981. The van der Waals surface area contributed by atoms with Crippen LogP contribution in [-0.4, -0.2) is 25.1 Å². The van der Waals surface area contributed by atoms with Crippen LogP contribution in [0.15, 0.2) is 18.2 Å². The summed E-state index contributed by atoms with van der Waals surface area (Å²) in [6.07, 6.45) is 0. The molecule has 3 nitrogen and oxygen atoms in total. The van der Waals surface area contributed by atoms with Crippen LogP contribution in [0.3, 0.4) is 0 Å². The monoisotopic (exact) mass is 309 g/mol. The van der Waals surface area contributed by atoms with Crippen molar-refractivity contribution >= 4 is 28.5 Å². The normalized spacial score (nSPS) is 10.0. The molecule has 1 aromatic rings. The van der Waals surface area contributed by atoms with E-state index in [1.165, 1.54) is 26.3 Å². The number of rotatable bonds is 2. The predicted octanol–water partition coefficient (Wildman–Crippen LogP) is 2.06. The Hall–Kier alpha value is -0.690. The lowest BCUT2D eigenvalue weighted by molar-refractivity contribution is -0.0759. The molecule has 0 saturated carbocycles. The molecule has 0 unspecified atom stereocenters. The van der Waals surface area contributed by atoms with E-state index in [4.69, 9.17) is 0 Å². The van der Waals surface area contributed by atoms with Crippen molar-refractivity contribution < 1.29 is 14.0 Å². The largest absolute Gasteiger partial charge is 0.280 e. The topological polar surface area (TPSA) is 29.5 Å². The number of carbonyl (C=O) groups is 1. The van der Waals surface area contributed by atoms with Crippen LogP contribution in [0.2, 0.25) is 0 Å². The van der Waals surface area contributed by atoms with Gasteiger partial charge in [0.2, 0.25) is 0 Å². The van der Waals surface area contributed by atoms with E-state index in [2.05, 4.69) is 4.84 Å². The van der Waals surface area contributed by atoms with Crippen LogP contribution in [0.4, 0.5) is 4.39 Å². The van der Waals surface area contributed by atoms with Crippen LogP contribution in [0.25, 0.3) is 0 Å². The third-order valence-electron chi connectivity index (χ3n) is 1.72. The molecule has 1 aromatic carbocycles. The second kappa shape index (κ2) is 4.70. The van der Waals surface area contributed by atoms with Crippen LogP contribution < -0.4 is 0 Å². The van der Waals surface area contributed by atoms with Crippen LogP contribution in [0, 0.1) is 9.39 Å². The lowest BCUT2D eigenvalue weighted by Crippen LogP contribution is -2.26. The Morgan fingerprint density at radius 1 is 1.57 bits per heavy atom. The maximum Gasteiger partial charge on any atom is 0.280 e. The van der Waals surface area contributed by atoms with Gasteiger partial charge in [-0.25, -0.2) is 9.45 Å². The highest BCUT2D eigenvalue weighted by atomic mass is 127. The molecule has 1 rings (SSSR count). The van der Waals surface area contributed by atoms with Gasteiger partial charge in [-0.3, -0.25) is 9.63 Å². The van der Waals surface area contributed by atoms with E-state index in [1.807, 2.05) is 22.6 Å². The number of amides is 1. The molecular weight excluding hydrogens is 300 g/mol. The zero-order chi connectivity index (χ0) is 10.7. The van der Waals surface area contributed by atoms with Crippen molar-refractivity contribution in [3.8, 4) is 0 Å². The minimum Gasteiger partial charge on any atom is -0.274 e. The van der Waals surface area contributed by atoms with Gasteiger partial charge in [-0.1, -0.05) is 0 Å². The second-order valence-electron chi connectivity index (χ2n) is 2.61. The van der Waals surface area contributed by atoms with E-state index in [-0.39, 0.29) is 5.56 Å². The number of hydrogen-bond donors (Lipinski definition) is 0. The minimum atomic E-state index is -0.542. The Morgan fingerprint density at radius 3 is 2.79 bits per heavy atom. The van der Waals surface area contributed by atoms with Gasteiger partial charge >= 0.3 is 0 Å². The van der Waals surface area contributed by atoms with Crippen LogP contribution >= 0.6 is 22.6 Å². The van der Waals surface area contributed by atoms with Gasteiger partial charge in [0.25, 0.3) is 5.91 Å². The molecule has 0 aliphatic rings. The fourth-order valence-electron chi connectivity index (χ4n) is 0.914. The highest BCUT2D eigenvalue weighted by molar-refractivity contribution is 14.1. The molecule has 14 heavy (non-hydrogen) atoms. The van der Waals surface area contributed by atoms with Gasteiger partial charge in [0.05, 0.1) is 12.7 Å². The van der Waals surface area contributed by atoms with Gasteiger partial charge in [-0.15, -0.1) is 0 Å². The molecule has 0 aromatic heterocycles. The maximum atomic E-state index is 13.2. The summed E-state index contributed by atoms with van der Waals surface area (Å²) in [6.45, 7) is 0. The number of halogens is 2. The highest BCUT2D eigenvalue weighted by Crippen LogP contribution is 2.14. The quantitative estimate of drug-likeness (QED) is 0.618. The molecule has 5 heteroatoms. The average molecular weight is 309 g/mol. The smallest absolute Gasteiger partial charge is 0.274 e. The number of nitrogens with zero attached hydrogens (tertiary/aromatic N) is 1. The summed E-state index contributed by atoms with van der Waals surface area (Å²) in [4.78, 5) is 16.2. The van der Waals surface area contributed by atoms with E-state index in [1.54, 1.807) is 6.07 Å². The zero-order valence-electron chi connectivity index (χ0n) is 7.75. The molecule has 0 spiro atoms. The highest BCUT2D eigenvalue weighted by Gasteiger charge is 2.16. The van der Waals surface area contributed by atoms with Gasteiger partial charge in [0.15, 0.2) is 0 Å². The van der Waals surface area contributed by atoms with E-state index in [9.17, 15) is 9.18 Å². The molecule has 76 valence electrons. The first-order valence-electron chi connectivity index (χ1n) is 3.83. The van der Waals surface area contributed by atoms with Crippen molar-refractivity contribution in [2.45, 2.75) is 0 Å². The zero-order valence-corrected chi connectivity index (χ0v) is 9.91. The Balaban J connectivity index is 3.06. The Labute approximate surface area is 94.9 Å². The van der Waals surface area contributed by atoms with Crippen molar-refractivity contribution in [3.63, 3.8) is 0 Å². The molecule has 0 heterocycles. The molecule has 0 aliphatic carbocycles. The van der Waals surface area contributed by atoms with Crippen molar-refractivity contribution in [1.29, 1.82) is 0 Å². The molecule has 0 aliphatic heterocycles. The molecule has 0 atom stereocenters. The van der Waals surface area contributed by atoms with Gasteiger partial charge in [0.1, 0.15) is 5.82 Å². The summed E-state index contributed by atoms with van der Waals surface area (Å²) in [6, 6.07) is 4.34. The van der Waals surface area contributed by atoms with Crippen LogP contribution in [0.5, 0.6) is 0 Å². The van der Waals surface area contributed by atoms with Crippen LogP contribution in [0.1, 0.15) is 10.4 Å². The molecule has 0 saturated heterocycles. The number of hydroxylamine groups is 2. The third kappa shape index (κ3) is 2.42. The van der Waals surface area contributed by atoms with E-state index >= 15 is 0 Å². The average Bonchev–Trinajstić information content (AvgIpc) is 2.19. The van der Waals surface area contributed by atoms with E-state index < -0.39 is 11.7 Å². The summed E-state index contributed by atoms with van der Waals surface area (Å²) >= 11 is 2.01. The Kier molecular flexibility index (Phi) is 3.82. The summed E-state index contributed by atoms with van der Waals surface area (Å²) < 4.78 is 14.0. The van der Waals surface area contributed by atoms with Crippen molar-refractivity contribution in [3.05, 3.63) is 33.1 Å². The molecule has 0 fully saturated rings. The van der Waals surface area contributed by atoms with Gasteiger partial charge in [-0.05, 0) is 40.8 Å². The summed E-state index contributed by atoms with van der Waals surface area (Å²) in [5.74, 6) is -1.04. The fourth-order valence-corrected chi connectivity index (χ4v) is 1.41. The molecule has 0 bridgehead atoms. The maximum absolute atomic E-state index is 13.2. The van der Waals surface area contributed by atoms with Crippen LogP contribution in [-0.2, 0) is 4.84 Å². The molecule has 0 N–H and O–H groups in total. The third-order valence-corrected chi connectivity index (χ3v) is 2.39. The second-order valence-corrected chi connectivity index (χ2v) is 3.85. The van der Waals surface area contributed by atoms with E-state index in [0.717, 1.165) is 8.63 Å². The molecule has 0 radical (unpaired) electrons. The van der Waals surface area contributed by atoms with Crippen molar-refractivity contribution in [2.75, 3.05) is 14.2 Å². The minimum absolute atomic E-state index is 0.0150. The SMILES string of the molecule is CON(C)C(=O)c1cc(I)ccc1F. The Bertz CT molecular complexity index is 357. The standard InChI is InChI=1S/C9H9FINO2/c1-12(14-2)9(13)7-5-6(11)3-4-8(7)10/h3-5H,1-2H3. The first-order chi connectivity index (χ1) is 6.56. The first-order valence-corrected chi connectivity index (χ1v) is 4.91. The number of carbonyl (C=O) groups excluding carboxylic acids is 1. The van der Waals surface area contributed by atoms with Crippen molar-refractivity contribution in [1.82, 2.24) is 5.06 Å². The number of hydrogen-bond acceptors (Lipinski definition) is 2. The first kappa shape index (κ1) is 11.4. The molecular formula is C9H9FINO2. The van der Waals surface area contributed by atoms with Gasteiger partial charge < -0.3 is 0 Å². The van der Waals surface area contributed by atoms with Crippen molar-refractivity contribution in [2.24, 2.45) is 0 Å². The molecule has 1 amide bonds. The fraction of sp³-hybridized carbons (Fsp3) is 0.222. The summed E-state index contributed by atoms with van der Waals surface area (Å²) in [7, 11) is 2.78. The Morgan fingerprint density at radius 2 is 2.21 bits per heavy atom.